The van der Waals surface area contributed by atoms with Crippen molar-refractivity contribution in [3.05, 3.63) is 52.1 Å². The molecule has 19 heavy (non-hydrogen) atoms. The molecular weight excluding hydrogens is 309 g/mol. The minimum absolute atomic E-state index is 0.244. The maximum Gasteiger partial charge on any atom is 0.139 e. The van der Waals surface area contributed by atoms with Crippen molar-refractivity contribution in [1.82, 2.24) is 0 Å². The van der Waals surface area contributed by atoms with Crippen LogP contribution in [0.3, 0.4) is 0 Å². The molecule has 2 aromatic rings. The number of anilines is 1. The number of hydrogen-bond donors (Lipinski definition) is 1. The van der Waals surface area contributed by atoms with Crippen molar-refractivity contribution in [3.63, 3.8) is 0 Å². The molecule has 1 atom stereocenters. The summed E-state index contributed by atoms with van der Waals surface area (Å²) < 4.78 is 19.3. The summed E-state index contributed by atoms with van der Waals surface area (Å²) in [5.74, 6) is 0.735. The first-order valence-electron chi connectivity index (χ1n) is 6.31. The monoisotopic (exact) mass is 325 g/mol. The highest BCUT2D eigenvalue weighted by atomic mass is 79.9. The molecule has 0 saturated heterocycles. The number of nitrogens with one attached hydrogen (secondary N) is 1. The third kappa shape index (κ3) is 3.83. The van der Waals surface area contributed by atoms with Crippen molar-refractivity contribution in [2.24, 2.45) is 0 Å². The Morgan fingerprint density at radius 3 is 2.89 bits per heavy atom. The Morgan fingerprint density at radius 2 is 2.21 bits per heavy atom. The van der Waals surface area contributed by atoms with Crippen LogP contribution >= 0.6 is 15.9 Å². The lowest BCUT2D eigenvalue weighted by molar-refractivity contribution is 0.495. The maximum atomic E-state index is 13.5. The van der Waals surface area contributed by atoms with Gasteiger partial charge in [-0.15, -0.1) is 0 Å². The van der Waals surface area contributed by atoms with Gasteiger partial charge in [0.1, 0.15) is 11.6 Å². The van der Waals surface area contributed by atoms with E-state index >= 15 is 0 Å². The molecule has 0 saturated carbocycles. The van der Waals surface area contributed by atoms with Gasteiger partial charge in [-0.05, 0) is 66.0 Å². The van der Waals surface area contributed by atoms with E-state index in [2.05, 4.69) is 28.2 Å². The standard InChI is InChI=1S/C15H17BrFNO/c1-10-8-13(16)14(17)9-15(10)18-11(2)5-6-12-4-3-7-19-12/h3-4,7-9,11,18H,5-6H2,1-2H3. The molecule has 0 spiro atoms. The van der Waals surface area contributed by atoms with Crippen LogP contribution in [0.25, 0.3) is 0 Å². The van der Waals surface area contributed by atoms with E-state index in [0.29, 0.717) is 4.47 Å². The van der Waals surface area contributed by atoms with Crippen LogP contribution in [0.2, 0.25) is 0 Å². The molecule has 0 aliphatic heterocycles. The predicted octanol–water partition coefficient (Wildman–Crippen LogP) is 4.92. The van der Waals surface area contributed by atoms with Gasteiger partial charge in [-0.25, -0.2) is 4.39 Å². The number of rotatable bonds is 5. The van der Waals surface area contributed by atoms with Crippen LogP contribution in [0.4, 0.5) is 10.1 Å². The molecule has 1 heterocycles. The molecule has 0 aliphatic carbocycles. The van der Waals surface area contributed by atoms with Crippen molar-refractivity contribution in [2.45, 2.75) is 32.7 Å². The molecule has 0 fully saturated rings. The molecule has 0 aliphatic rings. The van der Waals surface area contributed by atoms with Gasteiger partial charge in [-0.3, -0.25) is 0 Å². The van der Waals surface area contributed by atoms with Gasteiger partial charge in [0, 0.05) is 18.2 Å². The number of aryl methyl sites for hydroxylation is 2. The zero-order valence-electron chi connectivity index (χ0n) is 11.0. The molecule has 1 aromatic heterocycles. The van der Waals surface area contributed by atoms with Gasteiger partial charge in [-0.2, -0.15) is 0 Å². The van der Waals surface area contributed by atoms with Crippen LogP contribution in [-0.4, -0.2) is 6.04 Å². The van der Waals surface area contributed by atoms with E-state index < -0.39 is 0 Å². The third-order valence-electron chi connectivity index (χ3n) is 3.07. The van der Waals surface area contributed by atoms with Gasteiger partial charge in [0.25, 0.3) is 0 Å². The molecule has 102 valence electrons. The first kappa shape index (κ1) is 14.1. The fraction of sp³-hybridized carbons (Fsp3) is 0.333. The zero-order chi connectivity index (χ0) is 13.8. The summed E-state index contributed by atoms with van der Waals surface area (Å²) >= 11 is 3.19. The van der Waals surface area contributed by atoms with E-state index in [9.17, 15) is 4.39 Å². The Hall–Kier alpha value is -1.29. The molecule has 1 unspecified atom stereocenters. The number of benzene rings is 1. The first-order valence-corrected chi connectivity index (χ1v) is 7.10. The fourth-order valence-electron chi connectivity index (χ4n) is 1.95. The second-order valence-corrected chi connectivity index (χ2v) is 5.60. The highest BCUT2D eigenvalue weighted by Crippen LogP contribution is 2.24. The number of hydrogen-bond acceptors (Lipinski definition) is 2. The average Bonchev–Trinajstić information content (AvgIpc) is 2.86. The van der Waals surface area contributed by atoms with Crippen molar-refractivity contribution in [3.8, 4) is 0 Å². The summed E-state index contributed by atoms with van der Waals surface area (Å²) in [7, 11) is 0. The smallest absolute Gasteiger partial charge is 0.139 e. The highest BCUT2D eigenvalue weighted by Gasteiger charge is 2.09. The molecule has 1 aromatic carbocycles. The number of halogens is 2. The minimum atomic E-state index is -0.244. The van der Waals surface area contributed by atoms with Gasteiger partial charge in [0.05, 0.1) is 10.7 Å². The van der Waals surface area contributed by atoms with Gasteiger partial charge >= 0.3 is 0 Å². The zero-order valence-corrected chi connectivity index (χ0v) is 12.6. The van der Waals surface area contributed by atoms with Gasteiger partial charge in [-0.1, -0.05) is 0 Å². The van der Waals surface area contributed by atoms with E-state index in [-0.39, 0.29) is 11.9 Å². The van der Waals surface area contributed by atoms with Crippen LogP contribution in [0.15, 0.2) is 39.4 Å². The summed E-state index contributed by atoms with van der Waals surface area (Å²) in [6, 6.07) is 7.43. The Balaban J connectivity index is 1.95. The third-order valence-corrected chi connectivity index (χ3v) is 3.68. The van der Waals surface area contributed by atoms with Crippen LogP contribution in [0.5, 0.6) is 0 Å². The van der Waals surface area contributed by atoms with Gasteiger partial charge in [0.2, 0.25) is 0 Å². The van der Waals surface area contributed by atoms with E-state index in [4.69, 9.17) is 4.42 Å². The summed E-state index contributed by atoms with van der Waals surface area (Å²) in [4.78, 5) is 0. The molecule has 2 rings (SSSR count). The number of furan rings is 1. The van der Waals surface area contributed by atoms with Crippen molar-refractivity contribution in [2.75, 3.05) is 5.32 Å². The Kier molecular flexibility index (Phi) is 4.64. The van der Waals surface area contributed by atoms with E-state index in [0.717, 1.165) is 29.9 Å². The molecule has 0 radical (unpaired) electrons. The second-order valence-electron chi connectivity index (χ2n) is 4.74. The maximum absolute atomic E-state index is 13.5. The summed E-state index contributed by atoms with van der Waals surface area (Å²) in [5, 5.41) is 3.34. The van der Waals surface area contributed by atoms with Crippen LogP contribution in [0.1, 0.15) is 24.7 Å². The molecule has 1 N–H and O–H groups in total. The molecule has 0 bridgehead atoms. The lowest BCUT2D eigenvalue weighted by Crippen LogP contribution is -2.16. The normalized spacial score (nSPS) is 12.4. The summed E-state index contributed by atoms with van der Waals surface area (Å²) in [5.41, 5.74) is 1.87. The predicted molar refractivity (Wildman–Crippen MR) is 79.0 cm³/mol. The first-order chi connectivity index (χ1) is 9.06. The summed E-state index contributed by atoms with van der Waals surface area (Å²) in [6.45, 7) is 4.05. The second kappa shape index (κ2) is 6.24. The fourth-order valence-corrected chi connectivity index (χ4v) is 2.41. The average molecular weight is 326 g/mol. The molecule has 2 nitrogen and oxygen atoms in total. The van der Waals surface area contributed by atoms with Crippen molar-refractivity contribution >= 4 is 21.6 Å². The van der Waals surface area contributed by atoms with Crippen molar-refractivity contribution in [1.29, 1.82) is 0 Å². The van der Waals surface area contributed by atoms with E-state index in [1.54, 1.807) is 12.3 Å². The minimum Gasteiger partial charge on any atom is -0.469 e. The topological polar surface area (TPSA) is 25.2 Å². The highest BCUT2D eigenvalue weighted by molar-refractivity contribution is 9.10. The lowest BCUT2D eigenvalue weighted by atomic mass is 10.1. The van der Waals surface area contributed by atoms with Gasteiger partial charge in [0.15, 0.2) is 0 Å². The van der Waals surface area contributed by atoms with Crippen molar-refractivity contribution < 1.29 is 8.81 Å². The molecule has 4 heteroatoms. The SMILES string of the molecule is Cc1cc(Br)c(F)cc1NC(C)CCc1ccco1. The quantitative estimate of drug-likeness (QED) is 0.843. The Labute approximate surface area is 121 Å². The van der Waals surface area contributed by atoms with Gasteiger partial charge < -0.3 is 9.73 Å². The van der Waals surface area contributed by atoms with E-state index in [1.165, 1.54) is 6.07 Å². The Bertz CT molecular complexity index is 539. The van der Waals surface area contributed by atoms with Crippen LogP contribution in [0, 0.1) is 12.7 Å². The van der Waals surface area contributed by atoms with Crippen LogP contribution < -0.4 is 5.32 Å². The van der Waals surface area contributed by atoms with Crippen LogP contribution in [-0.2, 0) is 6.42 Å². The largest absolute Gasteiger partial charge is 0.469 e. The molecular formula is C15H17BrFNO. The van der Waals surface area contributed by atoms with E-state index in [1.807, 2.05) is 19.1 Å². The lowest BCUT2D eigenvalue weighted by Gasteiger charge is -2.17. The summed E-state index contributed by atoms with van der Waals surface area (Å²) in [6.07, 6.45) is 3.49. The molecule has 0 amide bonds. The Morgan fingerprint density at radius 1 is 1.42 bits per heavy atom.